The second-order valence-corrected chi connectivity index (χ2v) is 6.81. The van der Waals surface area contributed by atoms with Crippen molar-refractivity contribution < 1.29 is 9.53 Å². The quantitative estimate of drug-likeness (QED) is 0.785. The number of benzene rings is 1. The minimum absolute atomic E-state index is 0.0310. The van der Waals surface area contributed by atoms with E-state index in [4.69, 9.17) is 4.74 Å². The number of aromatic amines is 1. The molecule has 0 spiro atoms. The largest absolute Gasteiger partial charge is 0.372 e. The molecule has 0 saturated carbocycles. The number of aromatic nitrogens is 3. The van der Waals surface area contributed by atoms with Gasteiger partial charge in [0.25, 0.3) is 5.91 Å². The second kappa shape index (κ2) is 7.25. The molecule has 1 saturated heterocycles. The van der Waals surface area contributed by atoms with Crippen molar-refractivity contribution in [2.24, 2.45) is 0 Å². The molecule has 26 heavy (non-hydrogen) atoms. The molecule has 1 aliphatic heterocycles. The number of ether oxygens (including phenoxy) is 1. The van der Waals surface area contributed by atoms with E-state index in [0.29, 0.717) is 18.8 Å². The molecule has 134 valence electrons. The van der Waals surface area contributed by atoms with Crippen LogP contribution in [0.4, 0.5) is 0 Å². The van der Waals surface area contributed by atoms with Gasteiger partial charge in [-0.15, -0.1) is 0 Å². The molecular formula is C20H22N4O2. The monoisotopic (exact) mass is 350 g/mol. The summed E-state index contributed by atoms with van der Waals surface area (Å²) in [5.74, 6) is -0.0310. The molecule has 1 aromatic carbocycles. The van der Waals surface area contributed by atoms with Crippen LogP contribution < -0.4 is 0 Å². The van der Waals surface area contributed by atoms with Gasteiger partial charge in [0.2, 0.25) is 0 Å². The van der Waals surface area contributed by atoms with Crippen LogP contribution in [0.3, 0.4) is 0 Å². The first-order valence-corrected chi connectivity index (χ1v) is 8.95. The predicted molar refractivity (Wildman–Crippen MR) is 98.8 cm³/mol. The lowest BCUT2D eigenvalue weighted by Crippen LogP contribution is -2.43. The lowest BCUT2D eigenvalue weighted by Gasteiger charge is -2.32. The zero-order valence-corrected chi connectivity index (χ0v) is 14.8. The first kappa shape index (κ1) is 16.7. The molecule has 6 heteroatoms. The minimum atomic E-state index is -0.0310. The third-order valence-corrected chi connectivity index (χ3v) is 4.79. The average molecular weight is 350 g/mol. The Morgan fingerprint density at radius 2 is 2.31 bits per heavy atom. The number of hydrogen-bond donors (Lipinski definition) is 1. The van der Waals surface area contributed by atoms with Gasteiger partial charge in [0.15, 0.2) is 5.69 Å². The number of pyridine rings is 1. The van der Waals surface area contributed by atoms with Crippen LogP contribution in [0.1, 0.15) is 34.5 Å². The number of nitrogens with zero attached hydrogens (tertiary/aromatic N) is 3. The smallest absolute Gasteiger partial charge is 0.275 e. The summed E-state index contributed by atoms with van der Waals surface area (Å²) in [6.07, 6.45) is 5.50. The fourth-order valence-electron chi connectivity index (χ4n) is 3.40. The molecule has 1 fully saturated rings. The standard InChI is InChI=1S/C20H22N4O2/c1-14-6-7-18-17(10-14)19(23-22-18)20(25)24-9-3-5-16(12-24)26-13-15-4-2-8-21-11-15/h2,4,6-8,10-11,16H,3,5,9,12-13H2,1H3,(H,22,23). The first-order valence-electron chi connectivity index (χ1n) is 8.95. The molecule has 4 rings (SSSR count). The Morgan fingerprint density at radius 1 is 1.38 bits per heavy atom. The van der Waals surface area contributed by atoms with Gasteiger partial charge < -0.3 is 9.64 Å². The molecule has 3 heterocycles. The molecule has 1 amide bonds. The summed E-state index contributed by atoms with van der Waals surface area (Å²) in [4.78, 5) is 18.9. The SMILES string of the molecule is Cc1ccc2[nH]nc(C(=O)N3CCCC(OCc4cccnc4)C3)c2c1. The van der Waals surface area contributed by atoms with Crippen LogP contribution in [-0.4, -0.2) is 45.2 Å². The third kappa shape index (κ3) is 3.46. The molecule has 2 aromatic heterocycles. The zero-order chi connectivity index (χ0) is 17.9. The van der Waals surface area contributed by atoms with Gasteiger partial charge in [-0.1, -0.05) is 17.7 Å². The molecule has 1 aliphatic rings. The van der Waals surface area contributed by atoms with E-state index in [1.807, 2.05) is 48.4 Å². The van der Waals surface area contributed by atoms with Crippen molar-refractivity contribution in [2.45, 2.75) is 32.5 Å². The molecule has 0 bridgehead atoms. The fraction of sp³-hybridized carbons (Fsp3) is 0.350. The number of carbonyl (C=O) groups excluding carboxylic acids is 1. The van der Waals surface area contributed by atoms with Crippen LogP contribution in [-0.2, 0) is 11.3 Å². The Labute approximate surface area is 152 Å². The summed E-state index contributed by atoms with van der Waals surface area (Å²) < 4.78 is 6.01. The molecule has 1 N–H and O–H groups in total. The number of piperidine rings is 1. The lowest BCUT2D eigenvalue weighted by atomic mass is 10.1. The number of H-pyrrole nitrogens is 1. The number of aryl methyl sites for hydroxylation is 1. The Morgan fingerprint density at radius 3 is 3.15 bits per heavy atom. The molecule has 3 aromatic rings. The Kier molecular flexibility index (Phi) is 4.67. The number of likely N-dealkylation sites (tertiary alicyclic amines) is 1. The van der Waals surface area contributed by atoms with Crippen molar-refractivity contribution in [3.63, 3.8) is 0 Å². The van der Waals surface area contributed by atoms with E-state index in [1.165, 1.54) is 0 Å². The highest BCUT2D eigenvalue weighted by Gasteiger charge is 2.27. The van der Waals surface area contributed by atoms with Crippen LogP contribution in [0.15, 0.2) is 42.7 Å². The number of fused-ring (bicyclic) bond motifs is 1. The van der Waals surface area contributed by atoms with Crippen molar-refractivity contribution in [3.05, 3.63) is 59.5 Å². The van der Waals surface area contributed by atoms with Crippen molar-refractivity contribution in [3.8, 4) is 0 Å². The van der Waals surface area contributed by atoms with E-state index >= 15 is 0 Å². The van der Waals surface area contributed by atoms with Crippen molar-refractivity contribution in [2.75, 3.05) is 13.1 Å². The molecule has 1 atom stereocenters. The molecule has 6 nitrogen and oxygen atoms in total. The summed E-state index contributed by atoms with van der Waals surface area (Å²) in [5, 5.41) is 8.11. The maximum Gasteiger partial charge on any atom is 0.275 e. The van der Waals surface area contributed by atoms with Gasteiger partial charge in [-0.05, 0) is 43.5 Å². The van der Waals surface area contributed by atoms with Gasteiger partial charge in [-0.25, -0.2) is 0 Å². The van der Waals surface area contributed by atoms with Crippen molar-refractivity contribution >= 4 is 16.8 Å². The maximum absolute atomic E-state index is 13.0. The van der Waals surface area contributed by atoms with Crippen LogP contribution in [0.2, 0.25) is 0 Å². The van der Waals surface area contributed by atoms with Gasteiger partial charge in [-0.2, -0.15) is 5.10 Å². The van der Waals surface area contributed by atoms with Crippen LogP contribution in [0.25, 0.3) is 10.9 Å². The van der Waals surface area contributed by atoms with Crippen LogP contribution in [0.5, 0.6) is 0 Å². The van der Waals surface area contributed by atoms with E-state index in [-0.39, 0.29) is 12.0 Å². The van der Waals surface area contributed by atoms with E-state index in [1.54, 1.807) is 6.20 Å². The predicted octanol–water partition coefficient (Wildman–Crippen LogP) is 3.09. The molecule has 1 unspecified atom stereocenters. The van der Waals surface area contributed by atoms with E-state index < -0.39 is 0 Å². The first-order chi connectivity index (χ1) is 12.7. The van der Waals surface area contributed by atoms with E-state index in [9.17, 15) is 4.79 Å². The highest BCUT2D eigenvalue weighted by atomic mass is 16.5. The van der Waals surface area contributed by atoms with Gasteiger partial charge >= 0.3 is 0 Å². The second-order valence-electron chi connectivity index (χ2n) is 6.81. The van der Waals surface area contributed by atoms with Crippen molar-refractivity contribution in [1.82, 2.24) is 20.1 Å². The van der Waals surface area contributed by atoms with Gasteiger partial charge in [0, 0.05) is 30.9 Å². The molecule has 0 radical (unpaired) electrons. The summed E-state index contributed by atoms with van der Waals surface area (Å²) >= 11 is 0. The van der Waals surface area contributed by atoms with Gasteiger partial charge in [-0.3, -0.25) is 14.9 Å². The van der Waals surface area contributed by atoms with Gasteiger partial charge in [0.05, 0.1) is 18.2 Å². The number of rotatable bonds is 4. The Bertz CT molecular complexity index is 907. The summed E-state index contributed by atoms with van der Waals surface area (Å²) in [6, 6.07) is 9.88. The normalized spacial score (nSPS) is 17.6. The fourth-order valence-corrected chi connectivity index (χ4v) is 3.40. The number of carbonyl (C=O) groups is 1. The average Bonchev–Trinajstić information content (AvgIpc) is 3.10. The van der Waals surface area contributed by atoms with Crippen LogP contribution >= 0.6 is 0 Å². The highest BCUT2D eigenvalue weighted by molar-refractivity contribution is 6.04. The van der Waals surface area contributed by atoms with Crippen LogP contribution in [0, 0.1) is 6.92 Å². The summed E-state index contributed by atoms with van der Waals surface area (Å²) in [6.45, 7) is 3.87. The summed E-state index contributed by atoms with van der Waals surface area (Å²) in [7, 11) is 0. The van der Waals surface area contributed by atoms with Crippen molar-refractivity contribution in [1.29, 1.82) is 0 Å². The van der Waals surface area contributed by atoms with E-state index in [2.05, 4.69) is 15.2 Å². The zero-order valence-electron chi connectivity index (χ0n) is 14.8. The maximum atomic E-state index is 13.0. The molecule has 0 aliphatic carbocycles. The van der Waals surface area contributed by atoms with Gasteiger partial charge in [0.1, 0.15) is 0 Å². The Balaban J connectivity index is 1.45. The third-order valence-electron chi connectivity index (χ3n) is 4.79. The number of nitrogens with one attached hydrogen (secondary N) is 1. The molecular weight excluding hydrogens is 328 g/mol. The number of hydrogen-bond acceptors (Lipinski definition) is 4. The lowest BCUT2D eigenvalue weighted by molar-refractivity contribution is -0.00692. The highest BCUT2D eigenvalue weighted by Crippen LogP contribution is 2.22. The van der Waals surface area contributed by atoms with E-state index in [0.717, 1.165) is 41.4 Å². The summed E-state index contributed by atoms with van der Waals surface area (Å²) in [5.41, 5.74) is 3.55. The Hall–Kier alpha value is -2.73. The number of amides is 1. The topological polar surface area (TPSA) is 71.1 Å². The minimum Gasteiger partial charge on any atom is -0.372 e.